The van der Waals surface area contributed by atoms with Gasteiger partial charge >= 0.3 is 6.18 Å². The molecule has 9 heteroatoms. The Morgan fingerprint density at radius 1 is 1.36 bits per heavy atom. The van der Waals surface area contributed by atoms with Crippen molar-refractivity contribution in [2.45, 2.75) is 24.7 Å². The van der Waals surface area contributed by atoms with Crippen LogP contribution in [-0.2, 0) is 6.18 Å². The Morgan fingerprint density at radius 2 is 2.12 bits per heavy atom. The van der Waals surface area contributed by atoms with Crippen molar-refractivity contribution in [1.82, 2.24) is 14.9 Å². The van der Waals surface area contributed by atoms with Gasteiger partial charge in [-0.15, -0.1) is 0 Å². The number of aromatic nitrogens is 2. The Morgan fingerprint density at radius 3 is 2.80 bits per heavy atom. The minimum absolute atomic E-state index is 0.00587. The maximum atomic E-state index is 12.9. The molecule has 1 aromatic carbocycles. The Hall–Kier alpha value is -2.68. The van der Waals surface area contributed by atoms with E-state index < -0.39 is 29.8 Å². The third-order valence-corrected chi connectivity index (χ3v) is 4.11. The molecule has 1 amide bonds. The van der Waals surface area contributed by atoms with Crippen molar-refractivity contribution >= 4 is 11.7 Å². The zero-order valence-corrected chi connectivity index (χ0v) is 12.9. The average Bonchev–Trinajstić information content (AvgIpc) is 2.96. The summed E-state index contributed by atoms with van der Waals surface area (Å²) in [5.74, 6) is -0.554. The van der Waals surface area contributed by atoms with Gasteiger partial charge < -0.3 is 15.7 Å². The second-order valence-corrected chi connectivity index (χ2v) is 5.81. The second kappa shape index (κ2) is 6.32. The molecule has 25 heavy (non-hydrogen) atoms. The van der Waals surface area contributed by atoms with E-state index in [1.165, 1.54) is 29.6 Å². The highest BCUT2D eigenvalue weighted by Gasteiger charge is 2.38. The topological polar surface area (TPSA) is 92.3 Å². The summed E-state index contributed by atoms with van der Waals surface area (Å²) in [6.45, 7) is -0.00587. The number of hydrogen-bond acceptors (Lipinski definition) is 5. The molecule has 0 saturated carbocycles. The number of carbonyl (C=O) groups is 1. The molecule has 3 rings (SSSR count). The number of aliphatic hydroxyl groups is 1. The molecule has 1 aromatic heterocycles. The second-order valence-electron chi connectivity index (χ2n) is 5.81. The van der Waals surface area contributed by atoms with Crippen LogP contribution in [-0.4, -0.2) is 38.5 Å². The molecule has 0 spiro atoms. The van der Waals surface area contributed by atoms with E-state index >= 15 is 0 Å². The zero-order chi connectivity index (χ0) is 18.2. The number of nitrogen functional groups attached to an aromatic ring is 1. The molecule has 1 fully saturated rings. The van der Waals surface area contributed by atoms with Crippen LogP contribution in [0, 0.1) is 0 Å². The number of alkyl halides is 3. The summed E-state index contributed by atoms with van der Waals surface area (Å²) < 4.78 is 38.8. The molecule has 1 aliphatic rings. The van der Waals surface area contributed by atoms with E-state index in [0.717, 1.165) is 12.1 Å². The fourth-order valence-electron chi connectivity index (χ4n) is 2.94. The van der Waals surface area contributed by atoms with E-state index in [4.69, 9.17) is 5.73 Å². The number of likely N-dealkylation sites (tertiary alicyclic amines) is 1. The molecule has 0 aliphatic carbocycles. The van der Waals surface area contributed by atoms with Crippen LogP contribution in [0.15, 0.2) is 36.8 Å². The first-order valence-corrected chi connectivity index (χ1v) is 7.49. The molecule has 2 heterocycles. The van der Waals surface area contributed by atoms with Gasteiger partial charge in [0.25, 0.3) is 5.91 Å². The predicted octanol–water partition coefficient (Wildman–Crippen LogP) is 2.03. The summed E-state index contributed by atoms with van der Waals surface area (Å²) in [6, 6.07) is 4.05. The average molecular weight is 352 g/mol. The van der Waals surface area contributed by atoms with Crippen molar-refractivity contribution in [3.8, 4) is 0 Å². The zero-order valence-electron chi connectivity index (χ0n) is 12.9. The van der Waals surface area contributed by atoms with Crippen molar-refractivity contribution in [3.05, 3.63) is 53.5 Å². The molecule has 2 atom stereocenters. The molecule has 0 radical (unpaired) electrons. The van der Waals surface area contributed by atoms with Gasteiger partial charge in [-0.25, -0.2) is 9.97 Å². The fraction of sp³-hybridized carbons (Fsp3) is 0.312. The summed E-state index contributed by atoms with van der Waals surface area (Å²) in [5, 5.41) is 9.95. The lowest BCUT2D eigenvalue weighted by molar-refractivity contribution is -0.137. The highest BCUT2D eigenvalue weighted by molar-refractivity contribution is 5.98. The first-order chi connectivity index (χ1) is 11.8. The summed E-state index contributed by atoms with van der Waals surface area (Å²) >= 11 is 0. The SMILES string of the molecule is Nc1ncncc1C(=O)N1C[C@@H](O)C[C@H]1c1cccc(C(F)(F)F)c1. The minimum Gasteiger partial charge on any atom is -0.391 e. The van der Waals surface area contributed by atoms with E-state index in [2.05, 4.69) is 9.97 Å². The number of nitrogens with zero attached hydrogens (tertiary/aromatic N) is 3. The highest BCUT2D eigenvalue weighted by Crippen LogP contribution is 2.37. The molecule has 1 aliphatic heterocycles. The fourth-order valence-corrected chi connectivity index (χ4v) is 2.94. The summed E-state index contributed by atoms with van der Waals surface area (Å²) in [6.07, 6.45) is -2.75. The largest absolute Gasteiger partial charge is 0.416 e. The van der Waals surface area contributed by atoms with E-state index in [-0.39, 0.29) is 24.3 Å². The van der Waals surface area contributed by atoms with Crippen molar-refractivity contribution in [2.24, 2.45) is 0 Å². The van der Waals surface area contributed by atoms with Crippen molar-refractivity contribution in [1.29, 1.82) is 0 Å². The third kappa shape index (κ3) is 3.41. The molecule has 1 saturated heterocycles. The van der Waals surface area contributed by atoms with E-state index in [1.807, 2.05) is 0 Å². The maximum absolute atomic E-state index is 12.9. The van der Waals surface area contributed by atoms with Crippen LogP contribution in [0.3, 0.4) is 0 Å². The van der Waals surface area contributed by atoms with Gasteiger partial charge in [0.15, 0.2) is 0 Å². The maximum Gasteiger partial charge on any atom is 0.416 e. The normalized spacial score (nSPS) is 20.7. The molecule has 3 N–H and O–H groups in total. The molecule has 2 aromatic rings. The number of halogens is 3. The number of β-amino-alcohol motifs (C(OH)–C–C–N with tert-alkyl or cyclic N) is 1. The van der Waals surface area contributed by atoms with E-state index in [0.29, 0.717) is 5.56 Å². The third-order valence-electron chi connectivity index (χ3n) is 4.11. The van der Waals surface area contributed by atoms with Crippen LogP contribution in [0.5, 0.6) is 0 Å². The van der Waals surface area contributed by atoms with Crippen LogP contribution in [0.25, 0.3) is 0 Å². The van der Waals surface area contributed by atoms with Gasteiger partial charge in [-0.1, -0.05) is 12.1 Å². The van der Waals surface area contributed by atoms with Gasteiger partial charge in [0.2, 0.25) is 0 Å². The van der Waals surface area contributed by atoms with Gasteiger partial charge in [-0.3, -0.25) is 4.79 Å². The number of anilines is 1. The Balaban J connectivity index is 1.95. The molecule has 132 valence electrons. The molecular formula is C16H15F3N4O2. The van der Waals surface area contributed by atoms with Gasteiger partial charge in [0.1, 0.15) is 17.7 Å². The Bertz CT molecular complexity index is 797. The monoisotopic (exact) mass is 352 g/mol. The van der Waals surface area contributed by atoms with Crippen molar-refractivity contribution in [2.75, 3.05) is 12.3 Å². The number of amides is 1. The summed E-state index contributed by atoms with van der Waals surface area (Å²) in [7, 11) is 0. The van der Waals surface area contributed by atoms with E-state index in [9.17, 15) is 23.1 Å². The predicted molar refractivity (Wildman–Crippen MR) is 82.3 cm³/mol. The first-order valence-electron chi connectivity index (χ1n) is 7.49. The first kappa shape index (κ1) is 17.2. The smallest absolute Gasteiger partial charge is 0.391 e. The Labute approximate surface area is 141 Å². The number of rotatable bonds is 2. The van der Waals surface area contributed by atoms with Crippen molar-refractivity contribution in [3.63, 3.8) is 0 Å². The van der Waals surface area contributed by atoms with E-state index in [1.54, 1.807) is 0 Å². The minimum atomic E-state index is -4.49. The van der Waals surface area contributed by atoms with Gasteiger partial charge in [0.05, 0.1) is 17.7 Å². The van der Waals surface area contributed by atoms with Gasteiger partial charge in [0, 0.05) is 12.7 Å². The number of carbonyl (C=O) groups excluding carboxylic acids is 1. The molecular weight excluding hydrogens is 337 g/mol. The van der Waals surface area contributed by atoms with Crippen molar-refractivity contribution < 1.29 is 23.1 Å². The highest BCUT2D eigenvalue weighted by atomic mass is 19.4. The lowest BCUT2D eigenvalue weighted by Crippen LogP contribution is -2.32. The Kier molecular flexibility index (Phi) is 4.34. The molecule has 0 unspecified atom stereocenters. The molecule has 6 nitrogen and oxygen atoms in total. The lowest BCUT2D eigenvalue weighted by atomic mass is 10.0. The van der Waals surface area contributed by atoms with Crippen LogP contribution >= 0.6 is 0 Å². The summed E-state index contributed by atoms with van der Waals surface area (Å²) in [4.78, 5) is 21.5. The van der Waals surface area contributed by atoms with Crippen LogP contribution in [0.1, 0.15) is 33.9 Å². The number of benzene rings is 1. The number of nitrogens with two attached hydrogens (primary N) is 1. The number of aliphatic hydroxyl groups excluding tert-OH is 1. The van der Waals surface area contributed by atoms with Crippen LogP contribution < -0.4 is 5.73 Å². The quantitative estimate of drug-likeness (QED) is 0.863. The lowest BCUT2D eigenvalue weighted by Gasteiger charge is -2.25. The van der Waals surface area contributed by atoms with Crippen LogP contribution in [0.4, 0.5) is 19.0 Å². The summed E-state index contributed by atoms with van der Waals surface area (Å²) in [5.41, 5.74) is 5.23. The standard InChI is InChI=1S/C16H15F3N4O2/c17-16(18,19)10-3-1-2-9(4-10)13-5-11(24)7-23(13)15(25)12-6-21-8-22-14(12)20/h1-4,6,8,11,13,24H,5,7H2,(H2,20,21,22)/t11-,13-/m0/s1. The van der Waals surface area contributed by atoms with Gasteiger partial charge in [-0.2, -0.15) is 13.2 Å². The molecule has 0 bridgehead atoms. The number of hydrogen-bond donors (Lipinski definition) is 2. The van der Waals surface area contributed by atoms with Gasteiger partial charge in [-0.05, 0) is 24.1 Å². The van der Waals surface area contributed by atoms with Crippen LogP contribution in [0.2, 0.25) is 0 Å².